The van der Waals surface area contributed by atoms with Crippen molar-refractivity contribution in [3.8, 4) is 5.75 Å². The minimum Gasteiger partial charge on any atom is -0.427 e. The molecule has 0 aliphatic heterocycles. The lowest BCUT2D eigenvalue weighted by Gasteiger charge is -2.44. The van der Waals surface area contributed by atoms with Crippen LogP contribution in [0.15, 0.2) is 54.6 Å². The van der Waals surface area contributed by atoms with Crippen LogP contribution in [0, 0.1) is 5.92 Å². The molecule has 0 fully saturated rings. The predicted molar refractivity (Wildman–Crippen MR) is 113 cm³/mol. The number of carbonyl (C=O) groups excluding carboxylic acids is 1. The molecule has 0 saturated heterocycles. The lowest BCUT2D eigenvalue weighted by atomic mass is 9.92. The maximum Gasteiger partial charge on any atom is 0.308 e. The monoisotopic (exact) mass is 383 g/mol. The Bertz CT molecular complexity index is 748. The van der Waals surface area contributed by atoms with Crippen molar-refractivity contribution in [1.29, 1.82) is 0 Å². The fraction of sp³-hybridized carbons (Fsp3) is 0.458. The Morgan fingerprint density at radius 3 is 1.93 bits per heavy atom. The van der Waals surface area contributed by atoms with Crippen molar-refractivity contribution in [2.24, 2.45) is 5.92 Å². The van der Waals surface area contributed by atoms with Crippen molar-refractivity contribution in [3.63, 3.8) is 0 Å². The van der Waals surface area contributed by atoms with E-state index in [9.17, 15) is 4.79 Å². The van der Waals surface area contributed by atoms with Crippen LogP contribution in [0.4, 0.5) is 0 Å². The number of hydroxylamine groups is 2. The quantitative estimate of drug-likeness (QED) is 0.329. The Balaban J connectivity index is 2.27. The summed E-state index contributed by atoms with van der Waals surface area (Å²) < 4.78 is 5.12. The van der Waals surface area contributed by atoms with E-state index in [0.29, 0.717) is 11.7 Å². The van der Waals surface area contributed by atoms with Crippen LogP contribution in [-0.2, 0) is 9.63 Å². The topological polar surface area (TPSA) is 38.8 Å². The normalized spacial score (nSPS) is 14.2. The van der Waals surface area contributed by atoms with Crippen LogP contribution in [0.5, 0.6) is 5.75 Å². The Hall–Kier alpha value is -2.17. The molecular weight excluding hydrogens is 350 g/mol. The van der Waals surface area contributed by atoms with Gasteiger partial charge in [0.05, 0.1) is 6.04 Å². The van der Waals surface area contributed by atoms with Gasteiger partial charge in [0.1, 0.15) is 11.9 Å². The summed E-state index contributed by atoms with van der Waals surface area (Å²) in [7, 11) is 0. The largest absolute Gasteiger partial charge is 0.427 e. The minimum atomic E-state index is -0.321. The summed E-state index contributed by atoms with van der Waals surface area (Å²) in [4.78, 5) is 17.6. The molecule has 0 aliphatic rings. The molecule has 152 valence electrons. The van der Waals surface area contributed by atoms with E-state index >= 15 is 0 Å². The number of hydrogen-bond donors (Lipinski definition) is 0. The highest BCUT2D eigenvalue weighted by molar-refractivity contribution is 5.69. The van der Waals surface area contributed by atoms with Gasteiger partial charge in [0.2, 0.25) is 0 Å². The second-order valence-corrected chi connectivity index (χ2v) is 8.51. The van der Waals surface area contributed by atoms with E-state index in [1.807, 2.05) is 25.1 Å². The molecule has 0 aliphatic carbocycles. The molecule has 0 radical (unpaired) electrons. The third-order valence-electron chi connectivity index (χ3n) is 4.57. The molecule has 4 nitrogen and oxygen atoms in total. The summed E-state index contributed by atoms with van der Waals surface area (Å²) >= 11 is 0. The molecule has 2 unspecified atom stereocenters. The molecule has 2 rings (SSSR count). The van der Waals surface area contributed by atoms with E-state index in [2.05, 4.69) is 63.9 Å². The molecule has 0 spiro atoms. The first-order chi connectivity index (χ1) is 13.1. The molecule has 0 heterocycles. The van der Waals surface area contributed by atoms with Crippen LogP contribution >= 0.6 is 0 Å². The number of ether oxygens (including phenoxy) is 1. The molecule has 0 saturated carbocycles. The van der Waals surface area contributed by atoms with Crippen LogP contribution in [0.2, 0.25) is 0 Å². The number of esters is 1. The average Bonchev–Trinajstić information content (AvgIpc) is 2.61. The van der Waals surface area contributed by atoms with Gasteiger partial charge in [-0.1, -0.05) is 56.3 Å². The van der Waals surface area contributed by atoms with Gasteiger partial charge in [-0.3, -0.25) is 9.63 Å². The molecular formula is C24H33NO3. The van der Waals surface area contributed by atoms with Gasteiger partial charge in [-0.25, -0.2) is 0 Å². The smallest absolute Gasteiger partial charge is 0.308 e. The van der Waals surface area contributed by atoms with E-state index in [4.69, 9.17) is 9.57 Å². The van der Waals surface area contributed by atoms with Gasteiger partial charge < -0.3 is 4.74 Å². The molecule has 0 amide bonds. The second-order valence-electron chi connectivity index (χ2n) is 8.51. The molecule has 0 aromatic heterocycles. The number of benzene rings is 2. The highest BCUT2D eigenvalue weighted by atomic mass is 16.7. The SMILES string of the molecule is CC(=O)Oc1ccc(C(C)ON(C(c2ccccc2)C(C)C)C(C)(C)C)cc1. The first-order valence-corrected chi connectivity index (χ1v) is 9.89. The second kappa shape index (κ2) is 9.35. The van der Waals surface area contributed by atoms with Crippen molar-refractivity contribution in [1.82, 2.24) is 5.06 Å². The highest BCUT2D eigenvalue weighted by Crippen LogP contribution is 2.37. The summed E-state index contributed by atoms with van der Waals surface area (Å²) in [6.45, 7) is 14.4. The molecule has 0 bridgehead atoms. The third-order valence-corrected chi connectivity index (χ3v) is 4.57. The summed E-state index contributed by atoms with van der Waals surface area (Å²) in [5, 5.41) is 2.12. The van der Waals surface area contributed by atoms with E-state index in [1.165, 1.54) is 12.5 Å². The Morgan fingerprint density at radius 1 is 0.893 bits per heavy atom. The average molecular weight is 384 g/mol. The van der Waals surface area contributed by atoms with Gasteiger partial charge >= 0.3 is 5.97 Å². The number of nitrogens with zero attached hydrogens (tertiary/aromatic N) is 1. The number of rotatable bonds is 7. The molecule has 2 atom stereocenters. The molecule has 0 N–H and O–H groups in total. The zero-order valence-corrected chi connectivity index (χ0v) is 18.1. The number of carbonyl (C=O) groups is 1. The van der Waals surface area contributed by atoms with E-state index < -0.39 is 0 Å². The first kappa shape index (κ1) is 22.1. The summed E-state index contributed by atoms with van der Waals surface area (Å²) in [6, 6.07) is 18.1. The fourth-order valence-electron chi connectivity index (χ4n) is 3.29. The predicted octanol–water partition coefficient (Wildman–Crippen LogP) is 6.10. The fourth-order valence-corrected chi connectivity index (χ4v) is 3.29. The van der Waals surface area contributed by atoms with Crippen LogP contribution in [0.1, 0.15) is 71.7 Å². The lowest BCUT2D eigenvalue weighted by molar-refractivity contribution is -0.272. The highest BCUT2D eigenvalue weighted by Gasteiger charge is 2.34. The van der Waals surface area contributed by atoms with Gasteiger partial charge in [-0.05, 0) is 56.9 Å². The first-order valence-electron chi connectivity index (χ1n) is 9.89. The van der Waals surface area contributed by atoms with Gasteiger partial charge in [-0.15, -0.1) is 0 Å². The molecule has 2 aromatic carbocycles. The van der Waals surface area contributed by atoms with Gasteiger partial charge in [0, 0.05) is 12.5 Å². The minimum absolute atomic E-state index is 0.129. The van der Waals surface area contributed by atoms with Crippen molar-refractivity contribution in [2.45, 2.75) is 66.2 Å². The zero-order valence-electron chi connectivity index (χ0n) is 18.1. The molecule has 28 heavy (non-hydrogen) atoms. The van der Waals surface area contributed by atoms with Gasteiger partial charge in [0.15, 0.2) is 0 Å². The summed E-state index contributed by atoms with van der Waals surface area (Å²) in [5.74, 6) is 0.597. The number of hydrogen-bond acceptors (Lipinski definition) is 4. The lowest BCUT2D eigenvalue weighted by Crippen LogP contribution is -2.46. The van der Waals surface area contributed by atoms with E-state index in [-0.39, 0.29) is 23.7 Å². The Labute approximate surface area is 169 Å². The standard InChI is InChI=1S/C24H33NO3/c1-17(2)23(21-11-9-8-10-12-21)25(24(5,6)7)28-18(3)20-13-15-22(16-14-20)27-19(4)26/h8-18,23H,1-7H3. The van der Waals surface area contributed by atoms with Crippen LogP contribution < -0.4 is 4.74 Å². The molecule has 4 heteroatoms. The Kier molecular flexibility index (Phi) is 7.39. The van der Waals surface area contributed by atoms with Crippen LogP contribution in [-0.4, -0.2) is 16.6 Å². The van der Waals surface area contributed by atoms with Crippen molar-refractivity contribution < 1.29 is 14.4 Å². The third kappa shape index (κ3) is 5.91. The Morgan fingerprint density at radius 2 is 1.46 bits per heavy atom. The van der Waals surface area contributed by atoms with Crippen molar-refractivity contribution in [2.75, 3.05) is 0 Å². The van der Waals surface area contributed by atoms with Crippen LogP contribution in [0.3, 0.4) is 0 Å². The summed E-state index contributed by atoms with van der Waals surface area (Å²) in [5.41, 5.74) is 2.09. The van der Waals surface area contributed by atoms with Gasteiger partial charge in [-0.2, -0.15) is 5.06 Å². The molecule has 2 aromatic rings. The zero-order chi connectivity index (χ0) is 20.9. The van der Waals surface area contributed by atoms with E-state index in [0.717, 1.165) is 5.56 Å². The van der Waals surface area contributed by atoms with Gasteiger partial charge in [0.25, 0.3) is 0 Å². The summed E-state index contributed by atoms with van der Waals surface area (Å²) in [6.07, 6.45) is -0.143. The van der Waals surface area contributed by atoms with Crippen molar-refractivity contribution in [3.05, 3.63) is 65.7 Å². The van der Waals surface area contributed by atoms with Crippen molar-refractivity contribution >= 4 is 5.97 Å². The van der Waals surface area contributed by atoms with E-state index in [1.54, 1.807) is 12.1 Å². The maximum absolute atomic E-state index is 11.1. The van der Waals surface area contributed by atoms with Crippen LogP contribution in [0.25, 0.3) is 0 Å². The maximum atomic E-state index is 11.1.